The maximum absolute atomic E-state index is 6.31. The highest BCUT2D eigenvalue weighted by molar-refractivity contribution is 14.0. The van der Waals surface area contributed by atoms with Crippen molar-refractivity contribution in [3.63, 3.8) is 0 Å². The second kappa shape index (κ2) is 11.9. The molecule has 1 heterocycles. The third-order valence-corrected chi connectivity index (χ3v) is 5.08. The standard InChI is InChI=1S/C22H27ClN4O.HI/c1-24-22(25-11-10-18-8-9-20(28-2)15-21(18)23)26-16-17-6-5-7-19(14-17)27-12-3-4-13-27;/h3-9,14-15H,10-13,16H2,1-2H3,(H2,24,25,26);1H. The number of methoxy groups -OCH3 is 1. The summed E-state index contributed by atoms with van der Waals surface area (Å²) in [5, 5.41) is 7.44. The number of guanidine groups is 1. The van der Waals surface area contributed by atoms with Crippen molar-refractivity contribution < 1.29 is 4.74 Å². The van der Waals surface area contributed by atoms with Crippen LogP contribution in [-0.4, -0.2) is 39.8 Å². The molecule has 0 atom stereocenters. The van der Waals surface area contributed by atoms with Gasteiger partial charge in [0.2, 0.25) is 0 Å². The number of anilines is 1. The average molecular weight is 527 g/mol. The van der Waals surface area contributed by atoms with Crippen molar-refractivity contribution in [2.75, 3.05) is 38.7 Å². The summed E-state index contributed by atoms with van der Waals surface area (Å²) in [7, 11) is 3.42. The molecule has 0 amide bonds. The number of rotatable bonds is 7. The van der Waals surface area contributed by atoms with E-state index in [1.165, 1.54) is 11.3 Å². The molecule has 0 aromatic heterocycles. The maximum Gasteiger partial charge on any atom is 0.191 e. The molecule has 3 rings (SSSR count). The fraction of sp³-hybridized carbons (Fsp3) is 0.318. The first-order chi connectivity index (χ1) is 13.7. The molecular formula is C22H28ClIN4O. The van der Waals surface area contributed by atoms with Gasteiger partial charge in [-0.15, -0.1) is 24.0 Å². The molecule has 0 fully saturated rings. The first kappa shape index (κ1) is 23.3. The topological polar surface area (TPSA) is 48.9 Å². The van der Waals surface area contributed by atoms with Crippen LogP contribution in [0.2, 0.25) is 5.02 Å². The van der Waals surface area contributed by atoms with Gasteiger partial charge in [-0.05, 0) is 41.8 Å². The average Bonchev–Trinajstić information content (AvgIpc) is 3.26. The Morgan fingerprint density at radius 3 is 2.62 bits per heavy atom. The molecule has 1 aliphatic heterocycles. The van der Waals surface area contributed by atoms with E-state index in [-0.39, 0.29) is 24.0 Å². The van der Waals surface area contributed by atoms with Crippen LogP contribution in [0.5, 0.6) is 5.75 Å². The summed E-state index contributed by atoms with van der Waals surface area (Å²) in [6, 6.07) is 14.4. The molecule has 1 aliphatic rings. The lowest BCUT2D eigenvalue weighted by atomic mass is 10.1. The maximum atomic E-state index is 6.31. The molecule has 5 nitrogen and oxygen atoms in total. The molecule has 0 saturated heterocycles. The van der Waals surface area contributed by atoms with E-state index in [9.17, 15) is 0 Å². The van der Waals surface area contributed by atoms with Gasteiger partial charge in [-0.1, -0.05) is 42.0 Å². The Balaban J connectivity index is 0.00000300. The number of benzene rings is 2. The molecule has 0 radical (unpaired) electrons. The van der Waals surface area contributed by atoms with Gasteiger partial charge in [-0.25, -0.2) is 0 Å². The molecular weight excluding hydrogens is 499 g/mol. The Morgan fingerprint density at radius 2 is 1.93 bits per heavy atom. The quantitative estimate of drug-likeness (QED) is 0.245. The van der Waals surface area contributed by atoms with Gasteiger partial charge < -0.3 is 20.3 Å². The van der Waals surface area contributed by atoms with Gasteiger partial charge in [0.05, 0.1) is 7.11 Å². The van der Waals surface area contributed by atoms with E-state index in [1.54, 1.807) is 14.2 Å². The van der Waals surface area contributed by atoms with Gasteiger partial charge >= 0.3 is 0 Å². The normalized spacial score (nSPS) is 13.2. The van der Waals surface area contributed by atoms with Crippen molar-refractivity contribution in [2.24, 2.45) is 4.99 Å². The molecule has 0 saturated carbocycles. The lowest BCUT2D eigenvalue weighted by molar-refractivity contribution is 0.414. The van der Waals surface area contributed by atoms with Crippen molar-refractivity contribution in [1.82, 2.24) is 10.6 Å². The van der Waals surface area contributed by atoms with Crippen LogP contribution in [0.4, 0.5) is 5.69 Å². The Bertz CT molecular complexity index is 848. The van der Waals surface area contributed by atoms with Crippen molar-refractivity contribution in [1.29, 1.82) is 0 Å². The van der Waals surface area contributed by atoms with Gasteiger partial charge in [0.25, 0.3) is 0 Å². The second-order valence-electron chi connectivity index (χ2n) is 6.61. The van der Waals surface area contributed by atoms with Crippen molar-refractivity contribution in [3.05, 3.63) is 70.8 Å². The number of nitrogens with zero attached hydrogens (tertiary/aromatic N) is 2. The Morgan fingerprint density at radius 1 is 1.14 bits per heavy atom. The molecule has 0 aliphatic carbocycles. The van der Waals surface area contributed by atoms with E-state index in [1.807, 2.05) is 18.2 Å². The van der Waals surface area contributed by atoms with Crippen LogP contribution in [0.1, 0.15) is 11.1 Å². The van der Waals surface area contributed by atoms with E-state index < -0.39 is 0 Å². The van der Waals surface area contributed by atoms with E-state index in [0.717, 1.165) is 54.9 Å². The largest absolute Gasteiger partial charge is 0.497 e. The van der Waals surface area contributed by atoms with Crippen molar-refractivity contribution in [2.45, 2.75) is 13.0 Å². The number of hydrogen-bond acceptors (Lipinski definition) is 3. The molecule has 2 aromatic carbocycles. The van der Waals surface area contributed by atoms with Crippen LogP contribution in [-0.2, 0) is 13.0 Å². The molecule has 29 heavy (non-hydrogen) atoms. The summed E-state index contributed by atoms with van der Waals surface area (Å²) in [6.07, 6.45) is 5.21. The first-order valence-electron chi connectivity index (χ1n) is 9.45. The predicted octanol–water partition coefficient (Wildman–Crippen LogP) is 4.25. The summed E-state index contributed by atoms with van der Waals surface area (Å²) >= 11 is 6.31. The number of halogens is 2. The van der Waals surface area contributed by atoms with E-state index in [4.69, 9.17) is 16.3 Å². The van der Waals surface area contributed by atoms with Gasteiger partial charge in [0, 0.05) is 43.9 Å². The van der Waals surface area contributed by atoms with E-state index in [0.29, 0.717) is 0 Å². The van der Waals surface area contributed by atoms with Gasteiger partial charge in [0.1, 0.15) is 5.75 Å². The summed E-state index contributed by atoms with van der Waals surface area (Å²) in [5.74, 6) is 1.55. The van der Waals surface area contributed by atoms with Crippen LogP contribution < -0.4 is 20.3 Å². The third kappa shape index (κ3) is 6.82. The second-order valence-corrected chi connectivity index (χ2v) is 7.01. The zero-order valence-corrected chi connectivity index (χ0v) is 19.9. The number of nitrogens with one attached hydrogen (secondary N) is 2. The van der Waals surface area contributed by atoms with Crippen LogP contribution in [0.3, 0.4) is 0 Å². The fourth-order valence-corrected chi connectivity index (χ4v) is 3.40. The minimum absolute atomic E-state index is 0. The third-order valence-electron chi connectivity index (χ3n) is 4.72. The van der Waals surface area contributed by atoms with Gasteiger partial charge in [-0.3, -0.25) is 4.99 Å². The monoisotopic (exact) mass is 526 g/mol. The number of aliphatic imine (C=N–C) groups is 1. The van der Waals surface area contributed by atoms with Crippen LogP contribution in [0.25, 0.3) is 0 Å². The lowest BCUT2D eigenvalue weighted by Gasteiger charge is -2.19. The summed E-state index contributed by atoms with van der Waals surface area (Å²) in [4.78, 5) is 6.65. The van der Waals surface area contributed by atoms with E-state index >= 15 is 0 Å². The fourth-order valence-electron chi connectivity index (χ4n) is 3.13. The molecule has 0 unspecified atom stereocenters. The highest BCUT2D eigenvalue weighted by atomic mass is 127. The molecule has 7 heteroatoms. The van der Waals surface area contributed by atoms with E-state index in [2.05, 4.69) is 56.9 Å². The van der Waals surface area contributed by atoms with Gasteiger partial charge in [0.15, 0.2) is 5.96 Å². The smallest absolute Gasteiger partial charge is 0.191 e. The number of ether oxygens (including phenoxy) is 1. The van der Waals surface area contributed by atoms with Crippen LogP contribution in [0.15, 0.2) is 59.6 Å². The lowest BCUT2D eigenvalue weighted by Crippen LogP contribution is -2.37. The van der Waals surface area contributed by atoms with Crippen LogP contribution in [0, 0.1) is 0 Å². The highest BCUT2D eigenvalue weighted by Gasteiger charge is 2.08. The minimum atomic E-state index is 0. The number of hydrogen-bond donors (Lipinski definition) is 2. The van der Waals surface area contributed by atoms with Crippen molar-refractivity contribution in [3.8, 4) is 5.75 Å². The Labute approximate surface area is 195 Å². The highest BCUT2D eigenvalue weighted by Crippen LogP contribution is 2.22. The molecule has 2 N–H and O–H groups in total. The zero-order valence-electron chi connectivity index (χ0n) is 16.8. The molecule has 156 valence electrons. The molecule has 0 spiro atoms. The zero-order chi connectivity index (χ0) is 19.8. The SMILES string of the molecule is CN=C(NCCc1ccc(OC)cc1Cl)NCc1cccc(N2CC=CC2)c1.I. The van der Waals surface area contributed by atoms with Crippen LogP contribution >= 0.6 is 35.6 Å². The Hall–Kier alpha value is -1.93. The summed E-state index contributed by atoms with van der Waals surface area (Å²) in [5.41, 5.74) is 3.56. The van der Waals surface area contributed by atoms with Gasteiger partial charge in [-0.2, -0.15) is 0 Å². The molecule has 2 aromatic rings. The predicted molar refractivity (Wildman–Crippen MR) is 133 cm³/mol. The van der Waals surface area contributed by atoms with Crippen molar-refractivity contribution >= 4 is 47.2 Å². The Kier molecular flexibility index (Phi) is 9.60. The first-order valence-corrected chi connectivity index (χ1v) is 9.83. The minimum Gasteiger partial charge on any atom is -0.497 e. The summed E-state index contributed by atoms with van der Waals surface area (Å²) < 4.78 is 5.19. The summed E-state index contributed by atoms with van der Waals surface area (Å²) in [6.45, 7) is 3.42. The molecule has 0 bridgehead atoms.